The van der Waals surface area contributed by atoms with Crippen LogP contribution in [-0.2, 0) is 0 Å². The Hall–Kier alpha value is -3.83. The predicted molar refractivity (Wildman–Crippen MR) is 151 cm³/mol. The van der Waals surface area contributed by atoms with E-state index in [-0.39, 0.29) is 5.41 Å². The monoisotopic (exact) mass is 486 g/mol. The van der Waals surface area contributed by atoms with Crippen LogP contribution in [0.15, 0.2) is 96.8 Å². The SMILES string of the molecule is CN1C=CC(c2cc(-c3ccncc3)nc(-n3c4c(c5ccccc53)C3SC=CC3(C)C=C4)c2)=CC1. The number of nitrogens with zero attached hydrogens (tertiary/aromatic N) is 4. The van der Waals surface area contributed by atoms with E-state index in [1.54, 1.807) is 0 Å². The third-order valence-corrected chi connectivity index (χ3v) is 8.79. The number of likely N-dealkylation sites (N-methyl/N-ethyl adjacent to an activating group) is 1. The van der Waals surface area contributed by atoms with Gasteiger partial charge in [0.2, 0.25) is 0 Å². The molecule has 176 valence electrons. The molecule has 0 spiro atoms. The molecule has 0 saturated heterocycles. The number of fused-ring (bicyclic) bond motifs is 5. The Balaban J connectivity index is 1.49. The van der Waals surface area contributed by atoms with Gasteiger partial charge in [-0.3, -0.25) is 9.55 Å². The van der Waals surface area contributed by atoms with Gasteiger partial charge in [0.05, 0.1) is 16.9 Å². The zero-order valence-corrected chi connectivity index (χ0v) is 21.1. The van der Waals surface area contributed by atoms with Crippen molar-refractivity contribution in [2.24, 2.45) is 5.41 Å². The second-order valence-electron chi connectivity index (χ2n) is 9.92. The summed E-state index contributed by atoms with van der Waals surface area (Å²) >= 11 is 1.92. The van der Waals surface area contributed by atoms with Gasteiger partial charge in [0.1, 0.15) is 5.82 Å². The molecular formula is C31H26N4S. The largest absolute Gasteiger partial charge is 0.377 e. The summed E-state index contributed by atoms with van der Waals surface area (Å²) in [5.74, 6) is 0.939. The molecule has 0 amide bonds. The van der Waals surface area contributed by atoms with Crippen molar-refractivity contribution >= 4 is 34.3 Å². The fourth-order valence-electron chi connectivity index (χ4n) is 5.51. The van der Waals surface area contributed by atoms with Crippen LogP contribution in [0.3, 0.4) is 0 Å². The first kappa shape index (κ1) is 21.5. The topological polar surface area (TPSA) is 34.0 Å². The molecule has 3 aromatic heterocycles. The highest BCUT2D eigenvalue weighted by Crippen LogP contribution is 2.57. The van der Waals surface area contributed by atoms with E-state index < -0.39 is 0 Å². The summed E-state index contributed by atoms with van der Waals surface area (Å²) in [6, 6.07) is 17.3. The maximum atomic E-state index is 5.23. The second kappa shape index (κ2) is 8.10. The minimum atomic E-state index is 0.0355. The molecule has 1 aromatic carbocycles. The normalized spacial score (nSPS) is 22.1. The molecule has 0 radical (unpaired) electrons. The van der Waals surface area contributed by atoms with Crippen molar-refractivity contribution in [3.63, 3.8) is 0 Å². The Morgan fingerprint density at radius 3 is 2.69 bits per heavy atom. The summed E-state index contributed by atoms with van der Waals surface area (Å²) in [4.78, 5) is 11.6. The van der Waals surface area contributed by atoms with E-state index in [1.165, 1.54) is 33.3 Å². The number of aromatic nitrogens is 3. The number of benzene rings is 1. The fourth-order valence-corrected chi connectivity index (χ4v) is 6.87. The highest BCUT2D eigenvalue weighted by Gasteiger charge is 2.41. The Morgan fingerprint density at radius 2 is 1.86 bits per heavy atom. The van der Waals surface area contributed by atoms with E-state index in [9.17, 15) is 0 Å². The number of allylic oxidation sites excluding steroid dienone is 4. The van der Waals surface area contributed by atoms with Crippen molar-refractivity contribution in [3.8, 4) is 17.1 Å². The van der Waals surface area contributed by atoms with Gasteiger partial charge >= 0.3 is 0 Å². The molecule has 7 rings (SSSR count). The molecule has 0 fully saturated rings. The average Bonchev–Trinajstić information content (AvgIpc) is 3.47. The third-order valence-electron chi connectivity index (χ3n) is 7.48. The Bertz CT molecular complexity index is 1630. The maximum Gasteiger partial charge on any atom is 0.138 e. The van der Waals surface area contributed by atoms with Crippen LogP contribution in [0.25, 0.3) is 39.6 Å². The van der Waals surface area contributed by atoms with Gasteiger partial charge in [-0.05, 0) is 65.2 Å². The zero-order chi connectivity index (χ0) is 24.3. The van der Waals surface area contributed by atoms with E-state index in [4.69, 9.17) is 4.98 Å². The van der Waals surface area contributed by atoms with Crippen LogP contribution >= 0.6 is 11.8 Å². The van der Waals surface area contributed by atoms with Gasteiger partial charge in [-0.1, -0.05) is 43.4 Å². The van der Waals surface area contributed by atoms with Gasteiger partial charge in [-0.15, -0.1) is 11.8 Å². The van der Waals surface area contributed by atoms with Gasteiger partial charge in [0.15, 0.2) is 0 Å². The lowest BCUT2D eigenvalue weighted by atomic mass is 9.79. The molecule has 0 bridgehead atoms. The first-order chi connectivity index (χ1) is 17.6. The highest BCUT2D eigenvalue weighted by molar-refractivity contribution is 8.02. The summed E-state index contributed by atoms with van der Waals surface area (Å²) in [6.45, 7) is 3.22. The first-order valence-electron chi connectivity index (χ1n) is 12.3. The molecule has 5 heterocycles. The molecule has 0 saturated carbocycles. The number of hydrogen-bond donors (Lipinski definition) is 0. The van der Waals surface area contributed by atoms with E-state index in [0.717, 1.165) is 23.6 Å². The summed E-state index contributed by atoms with van der Waals surface area (Å²) in [6.07, 6.45) is 17.3. The quantitative estimate of drug-likeness (QED) is 0.305. The molecule has 2 aliphatic heterocycles. The van der Waals surface area contributed by atoms with Crippen LogP contribution in [-0.4, -0.2) is 33.0 Å². The van der Waals surface area contributed by atoms with Crippen LogP contribution in [0.1, 0.15) is 29.0 Å². The highest BCUT2D eigenvalue weighted by atomic mass is 32.2. The Kier molecular flexibility index (Phi) is 4.83. The van der Waals surface area contributed by atoms with Crippen molar-refractivity contribution in [1.82, 2.24) is 19.4 Å². The maximum absolute atomic E-state index is 5.23. The molecule has 5 heteroatoms. The van der Waals surface area contributed by atoms with E-state index in [0.29, 0.717) is 5.25 Å². The van der Waals surface area contributed by atoms with Crippen molar-refractivity contribution in [1.29, 1.82) is 0 Å². The summed E-state index contributed by atoms with van der Waals surface area (Å²) < 4.78 is 2.35. The summed E-state index contributed by atoms with van der Waals surface area (Å²) in [5.41, 5.74) is 8.27. The lowest BCUT2D eigenvalue weighted by Crippen LogP contribution is -2.19. The van der Waals surface area contributed by atoms with Gasteiger partial charge < -0.3 is 4.90 Å². The Labute approximate surface area is 215 Å². The smallest absolute Gasteiger partial charge is 0.138 e. The lowest BCUT2D eigenvalue weighted by Gasteiger charge is -2.31. The van der Waals surface area contributed by atoms with Gasteiger partial charge in [0.25, 0.3) is 0 Å². The van der Waals surface area contributed by atoms with Crippen LogP contribution in [0, 0.1) is 5.41 Å². The predicted octanol–water partition coefficient (Wildman–Crippen LogP) is 7.26. The number of para-hydroxylation sites is 1. The Morgan fingerprint density at radius 1 is 1.00 bits per heavy atom. The molecule has 2 atom stereocenters. The van der Waals surface area contributed by atoms with E-state index in [2.05, 4.69) is 107 Å². The van der Waals surface area contributed by atoms with Gasteiger partial charge in [-0.25, -0.2) is 4.98 Å². The second-order valence-corrected chi connectivity index (χ2v) is 10.9. The summed E-state index contributed by atoms with van der Waals surface area (Å²) in [5, 5.41) is 3.93. The van der Waals surface area contributed by atoms with Crippen LogP contribution in [0.4, 0.5) is 0 Å². The number of hydrogen-bond acceptors (Lipinski definition) is 4. The molecular weight excluding hydrogens is 460 g/mol. The zero-order valence-electron chi connectivity index (χ0n) is 20.3. The fraction of sp³-hybridized carbons (Fsp3) is 0.161. The van der Waals surface area contributed by atoms with Crippen molar-refractivity contribution in [2.45, 2.75) is 12.2 Å². The minimum absolute atomic E-state index is 0.0355. The van der Waals surface area contributed by atoms with Gasteiger partial charge in [0, 0.05) is 53.2 Å². The molecule has 1 aliphatic carbocycles. The van der Waals surface area contributed by atoms with Crippen molar-refractivity contribution < 1.29 is 0 Å². The minimum Gasteiger partial charge on any atom is -0.377 e. The summed E-state index contributed by atoms with van der Waals surface area (Å²) in [7, 11) is 2.10. The molecule has 36 heavy (non-hydrogen) atoms. The lowest BCUT2D eigenvalue weighted by molar-refractivity contribution is 0.506. The van der Waals surface area contributed by atoms with Crippen LogP contribution in [0.5, 0.6) is 0 Å². The molecule has 4 nitrogen and oxygen atoms in total. The van der Waals surface area contributed by atoms with E-state index in [1.807, 2.05) is 36.3 Å². The molecule has 0 N–H and O–H groups in total. The molecule has 4 aromatic rings. The van der Waals surface area contributed by atoms with E-state index >= 15 is 0 Å². The van der Waals surface area contributed by atoms with Gasteiger partial charge in [-0.2, -0.15) is 0 Å². The first-order valence-corrected chi connectivity index (χ1v) is 13.2. The van der Waals surface area contributed by atoms with Crippen LogP contribution in [0.2, 0.25) is 0 Å². The average molecular weight is 487 g/mol. The number of rotatable bonds is 3. The van der Waals surface area contributed by atoms with Crippen molar-refractivity contribution in [3.05, 3.63) is 114 Å². The number of pyridine rings is 2. The standard InChI is InChI=1S/C31H26N4S/c1-31-12-7-27-29(30(31)36-18-13-31)24-5-3-4-6-26(24)35(27)28-20-23(21-10-16-34(2)17-11-21)19-25(33-28)22-8-14-32-15-9-22/h3-16,18-20,30H,17H2,1-2H3. The molecule has 2 unspecified atom stereocenters. The third kappa shape index (κ3) is 3.30. The van der Waals surface area contributed by atoms with Crippen LogP contribution < -0.4 is 0 Å². The molecule has 3 aliphatic rings. The van der Waals surface area contributed by atoms with Crippen molar-refractivity contribution in [2.75, 3.05) is 13.6 Å². The number of thioether (sulfide) groups is 1.